The van der Waals surface area contributed by atoms with E-state index in [1.165, 1.54) is 12.1 Å². The smallest absolute Gasteiger partial charge is 0.330 e. The van der Waals surface area contributed by atoms with E-state index in [-0.39, 0.29) is 11.3 Å². The fourth-order valence-electron chi connectivity index (χ4n) is 0.866. The third kappa shape index (κ3) is 2.66. The Hall–Kier alpha value is -0.830. The van der Waals surface area contributed by atoms with Gasteiger partial charge >= 0.3 is 7.60 Å². The summed E-state index contributed by atoms with van der Waals surface area (Å²) in [5, 5.41) is 9.13. The number of phenols is 1. The molecule has 0 aromatic heterocycles. The molecule has 0 amide bonds. The molecule has 0 bridgehead atoms. The first kappa shape index (κ1) is 9.26. The van der Waals surface area contributed by atoms with E-state index in [0.29, 0.717) is 0 Å². The van der Waals surface area contributed by atoms with Gasteiger partial charge < -0.3 is 14.9 Å². The van der Waals surface area contributed by atoms with Crippen molar-refractivity contribution in [2.75, 3.05) is 0 Å². The number of benzene rings is 1. The number of rotatable bonds is 2. The van der Waals surface area contributed by atoms with Gasteiger partial charge in [-0.1, -0.05) is 18.2 Å². The van der Waals surface area contributed by atoms with Gasteiger partial charge in [-0.2, -0.15) is 0 Å². The highest BCUT2D eigenvalue weighted by Crippen LogP contribution is 2.40. The Bertz CT molecular complexity index is 317. The molecule has 0 aliphatic heterocycles. The van der Waals surface area contributed by atoms with E-state index in [9.17, 15) is 4.57 Å². The second-order valence-electron chi connectivity index (χ2n) is 2.45. The van der Waals surface area contributed by atoms with Crippen LogP contribution in [0.3, 0.4) is 0 Å². The zero-order valence-corrected chi connectivity index (χ0v) is 7.11. The van der Waals surface area contributed by atoms with Crippen LogP contribution < -0.4 is 0 Å². The molecule has 1 aromatic rings. The highest BCUT2D eigenvalue weighted by atomic mass is 31.2. The molecule has 5 heteroatoms. The quantitative estimate of drug-likeness (QED) is 0.606. The van der Waals surface area contributed by atoms with Crippen LogP contribution >= 0.6 is 7.60 Å². The van der Waals surface area contributed by atoms with E-state index in [4.69, 9.17) is 14.9 Å². The van der Waals surface area contributed by atoms with Crippen molar-refractivity contribution in [2.45, 2.75) is 6.16 Å². The molecule has 0 spiro atoms. The van der Waals surface area contributed by atoms with Crippen molar-refractivity contribution < 1.29 is 19.5 Å². The summed E-state index contributed by atoms with van der Waals surface area (Å²) in [6, 6.07) is 6.09. The monoisotopic (exact) mass is 188 g/mol. The van der Waals surface area contributed by atoms with Gasteiger partial charge in [0.05, 0.1) is 6.16 Å². The average Bonchev–Trinajstić information content (AvgIpc) is 1.91. The highest BCUT2D eigenvalue weighted by Gasteiger charge is 2.15. The first-order valence-electron chi connectivity index (χ1n) is 3.30. The van der Waals surface area contributed by atoms with Crippen molar-refractivity contribution in [3.8, 4) is 5.75 Å². The lowest BCUT2D eigenvalue weighted by molar-refractivity contribution is 0.370. The zero-order valence-electron chi connectivity index (χ0n) is 6.21. The molecule has 66 valence electrons. The van der Waals surface area contributed by atoms with Crippen molar-refractivity contribution in [3.05, 3.63) is 29.8 Å². The lowest BCUT2D eigenvalue weighted by Crippen LogP contribution is -1.86. The summed E-state index contributed by atoms with van der Waals surface area (Å²) in [7, 11) is -4.07. The molecule has 3 N–H and O–H groups in total. The third-order valence-corrected chi connectivity index (χ3v) is 2.12. The number of aromatic hydroxyl groups is 1. The molecular weight excluding hydrogens is 179 g/mol. The van der Waals surface area contributed by atoms with E-state index >= 15 is 0 Å². The van der Waals surface area contributed by atoms with Crippen LogP contribution in [0.25, 0.3) is 0 Å². The molecule has 0 saturated carbocycles. The van der Waals surface area contributed by atoms with Gasteiger partial charge in [-0.05, 0) is 6.07 Å². The molecule has 0 radical (unpaired) electrons. The fraction of sp³-hybridized carbons (Fsp3) is 0.143. The maximum atomic E-state index is 10.5. The van der Waals surface area contributed by atoms with Crippen molar-refractivity contribution in [1.29, 1.82) is 0 Å². The van der Waals surface area contributed by atoms with Crippen molar-refractivity contribution in [3.63, 3.8) is 0 Å². The molecule has 0 unspecified atom stereocenters. The van der Waals surface area contributed by atoms with Gasteiger partial charge in [-0.3, -0.25) is 4.57 Å². The van der Waals surface area contributed by atoms with E-state index in [0.717, 1.165) is 0 Å². The molecule has 0 fully saturated rings. The van der Waals surface area contributed by atoms with Gasteiger partial charge in [0.25, 0.3) is 0 Å². The summed E-state index contributed by atoms with van der Waals surface area (Å²) in [5.41, 5.74) is 0.269. The SMILES string of the molecule is O=P(O)(O)Cc1ccccc1O. The Balaban J connectivity index is 2.90. The van der Waals surface area contributed by atoms with E-state index in [1.807, 2.05) is 0 Å². The lowest BCUT2D eigenvalue weighted by Gasteiger charge is -2.04. The van der Waals surface area contributed by atoms with Crippen LogP contribution in [0.1, 0.15) is 5.56 Å². The molecule has 4 nitrogen and oxygen atoms in total. The maximum Gasteiger partial charge on any atom is 0.330 e. The minimum Gasteiger partial charge on any atom is -0.508 e. The maximum absolute atomic E-state index is 10.5. The molecule has 0 aliphatic rings. The Morgan fingerprint density at radius 2 is 1.83 bits per heavy atom. The van der Waals surface area contributed by atoms with E-state index in [1.54, 1.807) is 12.1 Å². The summed E-state index contributed by atoms with van der Waals surface area (Å²) in [6.07, 6.45) is -0.417. The number of phenolic OH excluding ortho intramolecular Hbond substituents is 1. The number of hydrogen-bond acceptors (Lipinski definition) is 2. The van der Waals surface area contributed by atoms with Gasteiger partial charge in [0.15, 0.2) is 0 Å². The summed E-state index contributed by atoms with van der Waals surface area (Å²) in [4.78, 5) is 17.2. The Labute approximate surface area is 69.6 Å². The lowest BCUT2D eigenvalue weighted by atomic mass is 10.2. The Morgan fingerprint density at radius 3 is 2.33 bits per heavy atom. The van der Waals surface area contributed by atoms with Crippen LogP contribution in [-0.2, 0) is 10.7 Å². The van der Waals surface area contributed by atoms with Crippen LogP contribution in [0.15, 0.2) is 24.3 Å². The van der Waals surface area contributed by atoms with Crippen LogP contribution in [0, 0.1) is 0 Å². The minimum absolute atomic E-state index is 0.0826. The van der Waals surface area contributed by atoms with Crippen molar-refractivity contribution in [1.82, 2.24) is 0 Å². The standard InChI is InChI=1S/C7H9O4P/c8-7-4-2-1-3-6(7)5-12(9,10)11/h1-4,8H,5H2,(H2,9,10,11). The summed E-state index contributed by atoms with van der Waals surface area (Å²) >= 11 is 0. The second-order valence-corrected chi connectivity index (χ2v) is 4.10. The first-order valence-corrected chi connectivity index (χ1v) is 5.10. The second kappa shape index (κ2) is 3.27. The van der Waals surface area contributed by atoms with Gasteiger partial charge in [0.1, 0.15) is 5.75 Å². The fourth-order valence-corrected chi connectivity index (χ4v) is 1.58. The summed E-state index contributed by atoms with van der Waals surface area (Å²) in [6.45, 7) is 0. The van der Waals surface area contributed by atoms with Gasteiger partial charge in [0, 0.05) is 5.56 Å². The van der Waals surface area contributed by atoms with E-state index < -0.39 is 13.8 Å². The molecule has 1 aromatic carbocycles. The predicted octanol–water partition coefficient (Wildman–Crippen LogP) is 1.07. The summed E-state index contributed by atoms with van der Waals surface area (Å²) < 4.78 is 10.5. The number of hydrogen-bond donors (Lipinski definition) is 3. The normalized spacial score (nSPS) is 11.5. The Morgan fingerprint density at radius 1 is 1.25 bits per heavy atom. The highest BCUT2D eigenvalue weighted by molar-refractivity contribution is 7.50. The molecule has 0 aliphatic carbocycles. The van der Waals surface area contributed by atoms with Crippen LogP contribution in [0.2, 0.25) is 0 Å². The molecule has 12 heavy (non-hydrogen) atoms. The van der Waals surface area contributed by atoms with Gasteiger partial charge in [-0.25, -0.2) is 0 Å². The molecule has 0 atom stereocenters. The molecule has 1 rings (SSSR count). The van der Waals surface area contributed by atoms with Crippen LogP contribution in [-0.4, -0.2) is 14.9 Å². The van der Waals surface area contributed by atoms with Gasteiger partial charge in [0.2, 0.25) is 0 Å². The number of para-hydroxylation sites is 1. The summed E-state index contributed by atoms with van der Waals surface area (Å²) in [5.74, 6) is -0.0826. The third-order valence-electron chi connectivity index (χ3n) is 1.37. The topological polar surface area (TPSA) is 77.8 Å². The largest absolute Gasteiger partial charge is 0.508 e. The first-order chi connectivity index (χ1) is 5.49. The van der Waals surface area contributed by atoms with Crippen LogP contribution in [0.5, 0.6) is 5.75 Å². The molecule has 0 saturated heterocycles. The molecular formula is C7H9O4P. The van der Waals surface area contributed by atoms with Gasteiger partial charge in [-0.15, -0.1) is 0 Å². The predicted molar refractivity (Wildman–Crippen MR) is 43.9 cm³/mol. The van der Waals surface area contributed by atoms with E-state index in [2.05, 4.69) is 0 Å². The van der Waals surface area contributed by atoms with Crippen molar-refractivity contribution in [2.24, 2.45) is 0 Å². The average molecular weight is 188 g/mol. The molecule has 0 heterocycles. The Kier molecular flexibility index (Phi) is 2.52. The van der Waals surface area contributed by atoms with Crippen LogP contribution in [0.4, 0.5) is 0 Å². The minimum atomic E-state index is -4.07. The van der Waals surface area contributed by atoms with Crippen molar-refractivity contribution >= 4 is 7.60 Å². The zero-order chi connectivity index (χ0) is 9.19.